The van der Waals surface area contributed by atoms with Gasteiger partial charge in [0.15, 0.2) is 0 Å². The number of sulfonamides is 1. The predicted molar refractivity (Wildman–Crippen MR) is 80.5 cm³/mol. The molecule has 0 amide bonds. The molecule has 1 aliphatic rings. The van der Waals surface area contributed by atoms with Crippen molar-refractivity contribution < 1.29 is 18.3 Å². The molecule has 5 nitrogen and oxygen atoms in total. The highest BCUT2D eigenvalue weighted by Crippen LogP contribution is 2.32. The molecular formula is C15H23NO4S. The molecule has 0 atom stereocenters. The van der Waals surface area contributed by atoms with Crippen LogP contribution in [0.2, 0.25) is 0 Å². The number of nitrogens with zero attached hydrogens (tertiary/aromatic N) is 1. The third-order valence-corrected chi connectivity index (χ3v) is 5.75. The lowest BCUT2D eigenvalue weighted by molar-refractivity contribution is 0.177. The molecule has 1 aliphatic carbocycles. The lowest BCUT2D eigenvalue weighted by atomic mass is 10.1. The Morgan fingerprint density at radius 3 is 2.57 bits per heavy atom. The summed E-state index contributed by atoms with van der Waals surface area (Å²) in [4.78, 5) is 0.256. The van der Waals surface area contributed by atoms with E-state index in [-0.39, 0.29) is 17.5 Å². The second-order valence-electron chi connectivity index (χ2n) is 5.28. The summed E-state index contributed by atoms with van der Waals surface area (Å²) < 4.78 is 32.1. The van der Waals surface area contributed by atoms with Gasteiger partial charge >= 0.3 is 0 Å². The number of aliphatic hydroxyl groups is 1. The smallest absolute Gasteiger partial charge is 0.243 e. The third-order valence-electron chi connectivity index (χ3n) is 3.81. The van der Waals surface area contributed by atoms with Crippen LogP contribution in [-0.4, -0.2) is 44.1 Å². The molecule has 0 bridgehead atoms. The zero-order valence-electron chi connectivity index (χ0n) is 12.6. The van der Waals surface area contributed by atoms with Gasteiger partial charge in [0.05, 0.1) is 18.1 Å². The molecule has 0 radical (unpaired) electrons. The highest BCUT2D eigenvalue weighted by atomic mass is 32.2. The molecule has 0 aromatic heterocycles. The Hall–Kier alpha value is -0.950. The summed E-state index contributed by atoms with van der Waals surface area (Å²) in [7, 11) is -1.96. The van der Waals surface area contributed by atoms with Crippen LogP contribution in [0.1, 0.15) is 30.9 Å². The van der Waals surface area contributed by atoms with Crippen molar-refractivity contribution in [2.75, 3.05) is 20.3 Å². The minimum absolute atomic E-state index is 0.0913. The first kappa shape index (κ1) is 16.4. The van der Waals surface area contributed by atoms with Crippen LogP contribution in [0.15, 0.2) is 23.1 Å². The van der Waals surface area contributed by atoms with Gasteiger partial charge in [0.2, 0.25) is 10.0 Å². The van der Waals surface area contributed by atoms with Crippen molar-refractivity contribution in [3.63, 3.8) is 0 Å². The topological polar surface area (TPSA) is 66.8 Å². The van der Waals surface area contributed by atoms with Crippen molar-refractivity contribution in [1.29, 1.82) is 0 Å². The average Bonchev–Trinajstić information content (AvgIpc) is 3.31. The minimum atomic E-state index is -3.53. The first-order chi connectivity index (χ1) is 10.0. The molecule has 1 saturated carbocycles. The molecule has 6 heteroatoms. The molecular weight excluding hydrogens is 290 g/mol. The van der Waals surface area contributed by atoms with Crippen molar-refractivity contribution in [3.8, 4) is 0 Å². The molecule has 118 valence electrons. The fraction of sp³-hybridized carbons (Fsp3) is 0.600. The molecule has 1 aromatic carbocycles. The molecule has 0 heterocycles. The Bertz CT molecular complexity index is 581. The molecule has 1 N–H and O–H groups in total. The molecule has 0 saturated heterocycles. The fourth-order valence-corrected chi connectivity index (χ4v) is 4.15. The largest absolute Gasteiger partial charge is 0.392 e. The first-order valence-corrected chi connectivity index (χ1v) is 8.72. The van der Waals surface area contributed by atoms with Gasteiger partial charge in [0.25, 0.3) is 0 Å². The molecule has 2 rings (SSSR count). The van der Waals surface area contributed by atoms with E-state index < -0.39 is 10.0 Å². The number of methoxy groups -OCH3 is 1. The van der Waals surface area contributed by atoms with E-state index >= 15 is 0 Å². The first-order valence-electron chi connectivity index (χ1n) is 7.28. The number of rotatable bonds is 8. The zero-order valence-corrected chi connectivity index (χ0v) is 13.4. The summed E-state index contributed by atoms with van der Waals surface area (Å²) in [5.74, 6) is 0. The van der Waals surface area contributed by atoms with Gasteiger partial charge in [-0.25, -0.2) is 8.42 Å². The van der Waals surface area contributed by atoms with Gasteiger partial charge in [-0.2, -0.15) is 4.31 Å². The van der Waals surface area contributed by atoms with E-state index in [2.05, 4.69) is 0 Å². The maximum atomic E-state index is 12.8. The average molecular weight is 313 g/mol. The SMILES string of the molecule is CCc1ccc(S(=O)(=O)N(CCOC)C2CC2)cc1CO. The third kappa shape index (κ3) is 3.63. The summed E-state index contributed by atoms with van der Waals surface area (Å²) in [5.41, 5.74) is 1.66. The monoisotopic (exact) mass is 313 g/mol. The van der Waals surface area contributed by atoms with E-state index in [9.17, 15) is 13.5 Å². The van der Waals surface area contributed by atoms with E-state index in [1.165, 1.54) is 4.31 Å². The standard InChI is InChI=1S/C15H23NO4S/c1-3-12-4-7-15(10-13(12)11-17)21(18,19)16(8-9-20-2)14-5-6-14/h4,7,10,14,17H,3,5-6,8-9,11H2,1-2H3. The fourth-order valence-electron chi connectivity index (χ4n) is 2.43. The summed E-state index contributed by atoms with van der Waals surface area (Å²) in [6.45, 7) is 2.59. The molecule has 0 unspecified atom stereocenters. The summed E-state index contributed by atoms with van der Waals surface area (Å²) in [6, 6.07) is 5.11. The van der Waals surface area contributed by atoms with Gasteiger partial charge in [0.1, 0.15) is 0 Å². The van der Waals surface area contributed by atoms with Crippen LogP contribution in [0.4, 0.5) is 0 Å². The van der Waals surface area contributed by atoms with E-state index in [0.717, 1.165) is 24.8 Å². The van der Waals surface area contributed by atoms with E-state index in [0.29, 0.717) is 18.7 Å². The lowest BCUT2D eigenvalue weighted by Crippen LogP contribution is -2.35. The summed E-state index contributed by atoms with van der Waals surface area (Å²) >= 11 is 0. The van der Waals surface area contributed by atoms with Gasteiger partial charge in [0, 0.05) is 19.7 Å². The quantitative estimate of drug-likeness (QED) is 0.790. The summed E-state index contributed by atoms with van der Waals surface area (Å²) in [6.07, 6.45) is 2.58. The molecule has 1 fully saturated rings. The van der Waals surface area contributed by atoms with Gasteiger partial charge in [-0.15, -0.1) is 0 Å². The van der Waals surface area contributed by atoms with Crippen molar-refractivity contribution >= 4 is 10.0 Å². The van der Waals surface area contributed by atoms with Crippen LogP contribution in [0.25, 0.3) is 0 Å². The molecule has 21 heavy (non-hydrogen) atoms. The van der Waals surface area contributed by atoms with Crippen LogP contribution in [0.3, 0.4) is 0 Å². The zero-order chi connectivity index (χ0) is 15.5. The molecule has 0 spiro atoms. The predicted octanol–water partition coefficient (Wildman–Crippen LogP) is 1.54. The van der Waals surface area contributed by atoms with Crippen LogP contribution in [0.5, 0.6) is 0 Å². The van der Waals surface area contributed by atoms with Gasteiger partial charge in [-0.1, -0.05) is 13.0 Å². The van der Waals surface area contributed by atoms with Crippen LogP contribution >= 0.6 is 0 Å². The number of ether oxygens (including phenoxy) is 1. The maximum Gasteiger partial charge on any atom is 0.243 e. The van der Waals surface area contributed by atoms with Gasteiger partial charge in [-0.05, 0) is 42.5 Å². The highest BCUT2D eigenvalue weighted by Gasteiger charge is 2.37. The Balaban J connectivity index is 2.32. The number of aliphatic hydroxyl groups excluding tert-OH is 1. The summed E-state index contributed by atoms with van der Waals surface area (Å²) in [5, 5.41) is 9.41. The van der Waals surface area contributed by atoms with Crippen molar-refractivity contribution in [3.05, 3.63) is 29.3 Å². The molecule has 1 aromatic rings. The Morgan fingerprint density at radius 2 is 2.05 bits per heavy atom. The second-order valence-corrected chi connectivity index (χ2v) is 7.17. The van der Waals surface area contributed by atoms with Gasteiger partial charge < -0.3 is 9.84 Å². The van der Waals surface area contributed by atoms with E-state index in [1.54, 1.807) is 25.3 Å². The normalized spacial score (nSPS) is 15.6. The number of aryl methyl sites for hydroxylation is 1. The van der Waals surface area contributed by atoms with Crippen LogP contribution < -0.4 is 0 Å². The van der Waals surface area contributed by atoms with Gasteiger partial charge in [-0.3, -0.25) is 0 Å². The number of hydrogen-bond donors (Lipinski definition) is 1. The Kier molecular flexibility index (Phi) is 5.37. The minimum Gasteiger partial charge on any atom is -0.392 e. The number of hydrogen-bond acceptors (Lipinski definition) is 4. The van der Waals surface area contributed by atoms with E-state index in [4.69, 9.17) is 4.74 Å². The Labute approximate surface area is 126 Å². The van der Waals surface area contributed by atoms with Crippen molar-refractivity contribution in [2.24, 2.45) is 0 Å². The van der Waals surface area contributed by atoms with Crippen molar-refractivity contribution in [2.45, 2.75) is 43.7 Å². The van der Waals surface area contributed by atoms with E-state index in [1.807, 2.05) is 6.92 Å². The Morgan fingerprint density at radius 1 is 1.33 bits per heavy atom. The van der Waals surface area contributed by atoms with Crippen LogP contribution in [-0.2, 0) is 27.8 Å². The highest BCUT2D eigenvalue weighted by molar-refractivity contribution is 7.89. The lowest BCUT2D eigenvalue weighted by Gasteiger charge is -2.22. The van der Waals surface area contributed by atoms with Crippen LogP contribution in [0, 0.1) is 0 Å². The molecule has 0 aliphatic heterocycles. The van der Waals surface area contributed by atoms with Crippen molar-refractivity contribution in [1.82, 2.24) is 4.31 Å². The maximum absolute atomic E-state index is 12.8. The second kappa shape index (κ2) is 6.87. The number of benzene rings is 1.